The Bertz CT molecular complexity index is 1340. The summed E-state index contributed by atoms with van der Waals surface area (Å²) in [5.74, 6) is 0.539. The first-order valence-electron chi connectivity index (χ1n) is 10.1. The molecule has 0 aliphatic carbocycles. The molecule has 0 unspecified atom stereocenters. The number of aromatic nitrogens is 3. The minimum absolute atomic E-state index is 0.177. The number of fused-ring (bicyclic) bond motifs is 2. The first kappa shape index (κ1) is 18.3. The van der Waals surface area contributed by atoms with Crippen molar-refractivity contribution in [3.63, 3.8) is 0 Å². The van der Waals surface area contributed by atoms with E-state index in [1.807, 2.05) is 42.5 Å². The maximum atomic E-state index is 13.1. The van der Waals surface area contributed by atoms with Gasteiger partial charge in [-0.1, -0.05) is 60.2 Å². The Hall–Kier alpha value is -3.73. The Morgan fingerprint density at radius 1 is 1.10 bits per heavy atom. The second kappa shape index (κ2) is 7.26. The Balaban J connectivity index is 1.59. The molecule has 1 atom stereocenters. The van der Waals surface area contributed by atoms with Gasteiger partial charge in [0.15, 0.2) is 5.65 Å². The van der Waals surface area contributed by atoms with Crippen molar-refractivity contribution >= 4 is 34.8 Å². The van der Waals surface area contributed by atoms with Crippen LogP contribution in [0.1, 0.15) is 29.2 Å². The van der Waals surface area contributed by atoms with Crippen LogP contribution in [-0.4, -0.2) is 21.0 Å². The van der Waals surface area contributed by atoms with Crippen LogP contribution >= 0.6 is 0 Å². The minimum Gasteiger partial charge on any atom is -0.309 e. The summed E-state index contributed by atoms with van der Waals surface area (Å²) in [5, 5.41) is 0.505. The number of benzene rings is 2. The quantitative estimate of drug-likeness (QED) is 0.538. The average Bonchev–Trinajstić information content (AvgIpc) is 3.07. The lowest BCUT2D eigenvalue weighted by molar-refractivity contribution is 0.740. The van der Waals surface area contributed by atoms with Gasteiger partial charge in [-0.15, -0.1) is 0 Å². The number of rotatable bonds is 3. The van der Waals surface area contributed by atoms with Gasteiger partial charge < -0.3 is 4.90 Å². The number of hydrogen-bond acceptors (Lipinski definition) is 4. The summed E-state index contributed by atoms with van der Waals surface area (Å²) in [7, 11) is 0. The number of nitrogens with one attached hydrogen (secondary N) is 1. The van der Waals surface area contributed by atoms with Gasteiger partial charge >= 0.3 is 0 Å². The van der Waals surface area contributed by atoms with E-state index in [0.717, 1.165) is 23.2 Å². The van der Waals surface area contributed by atoms with E-state index >= 15 is 0 Å². The fourth-order valence-electron chi connectivity index (χ4n) is 4.18. The average molecular weight is 394 g/mol. The summed E-state index contributed by atoms with van der Waals surface area (Å²) in [6.45, 7) is 4.20. The van der Waals surface area contributed by atoms with E-state index in [1.165, 1.54) is 11.1 Å². The van der Waals surface area contributed by atoms with E-state index < -0.39 is 0 Å². The molecule has 5 nitrogen and oxygen atoms in total. The van der Waals surface area contributed by atoms with Crippen LogP contribution in [0.5, 0.6) is 0 Å². The Morgan fingerprint density at radius 2 is 1.97 bits per heavy atom. The summed E-state index contributed by atoms with van der Waals surface area (Å²) in [6, 6.07) is 18.5. The van der Waals surface area contributed by atoms with Gasteiger partial charge in [-0.2, -0.15) is 4.98 Å². The summed E-state index contributed by atoms with van der Waals surface area (Å²) < 4.78 is 0. The Labute approximate surface area is 174 Å². The molecule has 5 heteroatoms. The zero-order valence-electron chi connectivity index (χ0n) is 17.0. The normalized spacial score (nSPS) is 15.8. The van der Waals surface area contributed by atoms with Crippen molar-refractivity contribution in [3.8, 4) is 0 Å². The second-order valence-corrected chi connectivity index (χ2v) is 7.79. The Kier molecular flexibility index (Phi) is 4.43. The largest absolute Gasteiger partial charge is 0.309 e. The minimum atomic E-state index is -0.177. The highest BCUT2D eigenvalue weighted by Gasteiger charge is 2.28. The number of nitrogens with zero attached hydrogens (tertiary/aromatic N) is 3. The molecule has 30 heavy (non-hydrogen) atoms. The molecule has 0 saturated carbocycles. The van der Waals surface area contributed by atoms with Crippen LogP contribution in [0.15, 0.2) is 65.6 Å². The van der Waals surface area contributed by atoms with Crippen LogP contribution in [0.3, 0.4) is 0 Å². The molecular formula is C25H22N4O. The smallest absolute Gasteiger partial charge is 0.262 e. The van der Waals surface area contributed by atoms with Crippen molar-refractivity contribution < 1.29 is 0 Å². The summed E-state index contributed by atoms with van der Waals surface area (Å²) in [6.07, 6.45) is 6.58. The van der Waals surface area contributed by atoms with Crippen molar-refractivity contribution in [2.45, 2.75) is 26.3 Å². The molecule has 2 aromatic carbocycles. The number of anilines is 2. The molecule has 0 spiro atoms. The molecule has 5 rings (SSSR count). The topological polar surface area (TPSA) is 61.9 Å². The predicted octanol–water partition coefficient (Wildman–Crippen LogP) is 4.88. The first-order chi connectivity index (χ1) is 14.6. The van der Waals surface area contributed by atoms with Gasteiger partial charge in [0, 0.05) is 17.9 Å². The summed E-state index contributed by atoms with van der Waals surface area (Å²) >= 11 is 0. The monoisotopic (exact) mass is 394 g/mol. The number of H-pyrrole nitrogens is 1. The summed E-state index contributed by atoms with van der Waals surface area (Å²) in [4.78, 5) is 27.3. The van der Waals surface area contributed by atoms with E-state index in [9.17, 15) is 4.79 Å². The molecule has 1 aliphatic heterocycles. The van der Waals surface area contributed by atoms with E-state index in [4.69, 9.17) is 4.98 Å². The van der Waals surface area contributed by atoms with Crippen molar-refractivity contribution in [1.82, 2.24) is 15.0 Å². The Morgan fingerprint density at radius 3 is 2.83 bits per heavy atom. The van der Waals surface area contributed by atoms with E-state index in [-0.39, 0.29) is 11.6 Å². The molecule has 3 heterocycles. The van der Waals surface area contributed by atoms with Crippen molar-refractivity contribution in [2.24, 2.45) is 0 Å². The highest BCUT2D eigenvalue weighted by molar-refractivity contribution is 5.88. The first-order valence-corrected chi connectivity index (χ1v) is 10.1. The van der Waals surface area contributed by atoms with Crippen molar-refractivity contribution in [2.75, 3.05) is 4.90 Å². The zero-order chi connectivity index (χ0) is 20.7. The van der Waals surface area contributed by atoms with Crippen LogP contribution < -0.4 is 10.5 Å². The van der Waals surface area contributed by atoms with Crippen LogP contribution in [0.25, 0.3) is 23.2 Å². The maximum absolute atomic E-state index is 13.1. The molecule has 2 aromatic heterocycles. The van der Waals surface area contributed by atoms with Gasteiger partial charge in [0.05, 0.1) is 5.39 Å². The molecule has 0 saturated heterocycles. The van der Waals surface area contributed by atoms with Gasteiger partial charge in [-0.3, -0.25) is 9.78 Å². The van der Waals surface area contributed by atoms with Gasteiger partial charge in [0.25, 0.3) is 5.56 Å². The van der Waals surface area contributed by atoms with Crippen LogP contribution in [0.2, 0.25) is 0 Å². The molecular weight excluding hydrogens is 372 g/mol. The highest BCUT2D eigenvalue weighted by Crippen LogP contribution is 2.36. The van der Waals surface area contributed by atoms with Gasteiger partial charge in [0.2, 0.25) is 5.95 Å². The number of aryl methyl sites for hydroxylation is 1. The number of aromatic amines is 1. The third-order valence-electron chi connectivity index (χ3n) is 5.56. The zero-order valence-corrected chi connectivity index (χ0v) is 17.0. The van der Waals surface area contributed by atoms with Gasteiger partial charge in [-0.25, -0.2) is 4.98 Å². The maximum Gasteiger partial charge on any atom is 0.262 e. The molecule has 0 radical (unpaired) electrons. The molecule has 0 bridgehead atoms. The van der Waals surface area contributed by atoms with Crippen LogP contribution in [-0.2, 0) is 6.42 Å². The predicted molar refractivity (Wildman–Crippen MR) is 122 cm³/mol. The number of pyridine rings is 1. The van der Waals surface area contributed by atoms with E-state index in [2.05, 4.69) is 53.0 Å². The number of para-hydroxylation sites is 1. The van der Waals surface area contributed by atoms with E-state index in [0.29, 0.717) is 17.0 Å². The SMILES string of the molecule is Cc1cccc(/C=C/c2ccnc3nc(N4c5ccccc5C[C@H]4C)[nH]c(=O)c23)c1. The molecule has 0 fully saturated rings. The molecule has 1 N–H and O–H groups in total. The van der Waals surface area contributed by atoms with E-state index in [1.54, 1.807) is 6.20 Å². The van der Waals surface area contributed by atoms with Gasteiger partial charge in [0.1, 0.15) is 0 Å². The number of hydrogen-bond donors (Lipinski definition) is 1. The van der Waals surface area contributed by atoms with Crippen LogP contribution in [0.4, 0.5) is 11.6 Å². The third-order valence-corrected chi connectivity index (χ3v) is 5.56. The van der Waals surface area contributed by atoms with Crippen molar-refractivity contribution in [3.05, 3.63) is 93.4 Å². The summed E-state index contributed by atoms with van der Waals surface area (Å²) in [5.41, 5.74) is 5.71. The van der Waals surface area contributed by atoms with Gasteiger partial charge in [-0.05, 0) is 49.1 Å². The lowest BCUT2D eigenvalue weighted by Gasteiger charge is -2.23. The third kappa shape index (κ3) is 3.18. The second-order valence-electron chi connectivity index (χ2n) is 7.79. The fraction of sp³-hybridized carbons (Fsp3) is 0.160. The highest BCUT2D eigenvalue weighted by atomic mass is 16.1. The van der Waals surface area contributed by atoms with Crippen LogP contribution in [0, 0.1) is 6.92 Å². The molecule has 1 aliphatic rings. The standard InChI is InChI=1S/C25H22N4O/c1-16-6-5-7-18(14-16)10-11-19-12-13-26-23-22(19)24(30)28-25(27-23)29-17(2)15-20-8-3-4-9-21(20)29/h3-14,17H,15H2,1-2H3,(H,26,27,28,30)/b11-10+/t17-/m1/s1. The fourth-order valence-corrected chi connectivity index (χ4v) is 4.18. The lowest BCUT2D eigenvalue weighted by atomic mass is 10.1. The lowest BCUT2D eigenvalue weighted by Crippen LogP contribution is -2.28. The van der Waals surface area contributed by atoms with Crippen molar-refractivity contribution in [1.29, 1.82) is 0 Å². The molecule has 0 amide bonds. The molecule has 4 aromatic rings. The molecule has 148 valence electrons.